The second kappa shape index (κ2) is 5.35. The van der Waals surface area contributed by atoms with Crippen LogP contribution in [0.4, 0.5) is 5.69 Å². The van der Waals surface area contributed by atoms with Crippen molar-refractivity contribution in [1.82, 2.24) is 5.32 Å². The quantitative estimate of drug-likeness (QED) is 0.520. The number of nitrogens with one attached hydrogen (secondary N) is 1. The van der Waals surface area contributed by atoms with Gasteiger partial charge in [-0.05, 0) is 25.3 Å². The molecule has 0 spiro atoms. The van der Waals surface area contributed by atoms with Crippen LogP contribution in [-0.4, -0.2) is 22.2 Å². The van der Waals surface area contributed by atoms with Crippen LogP contribution in [-0.2, 0) is 0 Å². The summed E-state index contributed by atoms with van der Waals surface area (Å²) in [4.78, 5) is 22.3. The average molecular weight is 269 g/mol. The van der Waals surface area contributed by atoms with Crippen LogP contribution in [0.5, 0.6) is 0 Å². The van der Waals surface area contributed by atoms with Gasteiger partial charge in [0, 0.05) is 12.1 Å². The van der Waals surface area contributed by atoms with Crippen LogP contribution in [0.3, 0.4) is 0 Å². The van der Waals surface area contributed by atoms with E-state index in [1.54, 1.807) is 6.07 Å². The fourth-order valence-electron chi connectivity index (χ4n) is 2.15. The lowest BCUT2D eigenvalue weighted by molar-refractivity contribution is -0.385. The molecule has 1 aliphatic carbocycles. The molecule has 1 saturated carbocycles. The van der Waals surface area contributed by atoms with Crippen LogP contribution in [0, 0.1) is 10.1 Å². The summed E-state index contributed by atoms with van der Waals surface area (Å²) in [6.07, 6.45) is 2.65. The number of carbonyl (C=O) groups is 1. The molecule has 1 N–H and O–H groups in total. The molecule has 18 heavy (non-hydrogen) atoms. The summed E-state index contributed by atoms with van der Waals surface area (Å²) in [5.74, 6) is -0.431. The molecule has 1 amide bonds. The van der Waals surface area contributed by atoms with Gasteiger partial charge in [0.2, 0.25) is 0 Å². The van der Waals surface area contributed by atoms with E-state index in [9.17, 15) is 14.9 Å². The summed E-state index contributed by atoms with van der Waals surface area (Å²) in [5, 5.41) is 13.5. The monoisotopic (exact) mass is 268 g/mol. The van der Waals surface area contributed by atoms with Gasteiger partial charge in [0.1, 0.15) is 5.56 Å². The van der Waals surface area contributed by atoms with Crippen molar-refractivity contribution >= 4 is 23.2 Å². The van der Waals surface area contributed by atoms with Crippen molar-refractivity contribution in [2.75, 3.05) is 0 Å². The van der Waals surface area contributed by atoms with Crippen LogP contribution in [0.2, 0.25) is 0 Å². The number of alkyl halides is 1. The van der Waals surface area contributed by atoms with E-state index in [0.717, 1.165) is 19.3 Å². The number of nitrogens with zero attached hydrogens (tertiary/aromatic N) is 1. The average Bonchev–Trinajstić information content (AvgIpc) is 2.75. The molecule has 2 atom stereocenters. The highest BCUT2D eigenvalue weighted by molar-refractivity contribution is 6.21. The van der Waals surface area contributed by atoms with E-state index in [4.69, 9.17) is 11.6 Å². The SMILES string of the molecule is O=C(NC1CCCC1Cl)c1ccccc1[N+](=O)[O-]. The van der Waals surface area contributed by atoms with Crippen molar-refractivity contribution in [1.29, 1.82) is 0 Å². The topological polar surface area (TPSA) is 72.2 Å². The summed E-state index contributed by atoms with van der Waals surface area (Å²) in [7, 11) is 0. The molecule has 0 radical (unpaired) electrons. The fraction of sp³-hybridized carbons (Fsp3) is 0.417. The molecular weight excluding hydrogens is 256 g/mol. The summed E-state index contributed by atoms with van der Waals surface area (Å²) in [5.41, 5.74) is -0.0996. The van der Waals surface area contributed by atoms with Crippen LogP contribution < -0.4 is 5.32 Å². The molecule has 0 aliphatic heterocycles. The van der Waals surface area contributed by atoms with E-state index in [-0.39, 0.29) is 22.7 Å². The molecule has 6 heteroatoms. The highest BCUT2D eigenvalue weighted by Gasteiger charge is 2.28. The number of carbonyl (C=O) groups excluding carboxylic acids is 1. The minimum absolute atomic E-state index is 0.0817. The van der Waals surface area contributed by atoms with E-state index in [2.05, 4.69) is 5.32 Å². The van der Waals surface area contributed by atoms with Gasteiger partial charge in [-0.15, -0.1) is 11.6 Å². The standard InChI is InChI=1S/C12H13ClN2O3/c13-9-5-3-6-10(9)14-12(16)8-4-1-2-7-11(8)15(17)18/h1-2,4,7,9-10H,3,5-6H2,(H,14,16). The second-order valence-electron chi connectivity index (χ2n) is 4.30. The number of nitro benzene ring substituents is 1. The molecule has 2 rings (SSSR count). The van der Waals surface area contributed by atoms with Crippen LogP contribution in [0.15, 0.2) is 24.3 Å². The molecule has 2 unspecified atom stereocenters. The zero-order chi connectivity index (χ0) is 13.1. The van der Waals surface area contributed by atoms with E-state index < -0.39 is 10.8 Å². The molecule has 96 valence electrons. The Bertz CT molecular complexity index is 478. The first-order valence-electron chi connectivity index (χ1n) is 5.78. The van der Waals surface area contributed by atoms with Gasteiger partial charge < -0.3 is 5.32 Å². The Morgan fingerprint density at radius 3 is 2.72 bits per heavy atom. The maximum Gasteiger partial charge on any atom is 0.282 e. The van der Waals surface area contributed by atoms with Crippen molar-refractivity contribution in [3.63, 3.8) is 0 Å². The van der Waals surface area contributed by atoms with Crippen LogP contribution in [0.1, 0.15) is 29.6 Å². The Balaban J connectivity index is 2.16. The minimum Gasteiger partial charge on any atom is -0.348 e. The summed E-state index contributed by atoms with van der Waals surface area (Å²) >= 11 is 6.06. The predicted octanol–water partition coefficient (Wildman–Crippen LogP) is 2.48. The van der Waals surface area contributed by atoms with Gasteiger partial charge in [-0.2, -0.15) is 0 Å². The molecule has 5 nitrogen and oxygen atoms in total. The van der Waals surface area contributed by atoms with Gasteiger partial charge in [-0.25, -0.2) is 0 Å². The van der Waals surface area contributed by atoms with Gasteiger partial charge >= 0.3 is 0 Å². The van der Waals surface area contributed by atoms with E-state index in [1.807, 2.05) is 0 Å². The fourth-order valence-corrected chi connectivity index (χ4v) is 2.49. The third-order valence-corrected chi connectivity index (χ3v) is 3.62. The smallest absolute Gasteiger partial charge is 0.282 e. The number of para-hydroxylation sites is 1. The molecule has 0 aromatic heterocycles. The normalized spacial score (nSPS) is 22.7. The first kappa shape index (κ1) is 12.8. The number of halogens is 1. The zero-order valence-electron chi connectivity index (χ0n) is 9.64. The Kier molecular flexibility index (Phi) is 3.81. The van der Waals surface area contributed by atoms with Crippen molar-refractivity contribution in [2.24, 2.45) is 0 Å². The first-order valence-corrected chi connectivity index (χ1v) is 6.21. The van der Waals surface area contributed by atoms with Crippen molar-refractivity contribution in [2.45, 2.75) is 30.7 Å². The van der Waals surface area contributed by atoms with Crippen LogP contribution >= 0.6 is 11.6 Å². The summed E-state index contributed by atoms with van der Waals surface area (Å²) in [6.45, 7) is 0. The van der Waals surface area contributed by atoms with E-state index in [0.29, 0.717) is 0 Å². The Labute approximate surface area is 109 Å². The number of hydrogen-bond donors (Lipinski definition) is 1. The second-order valence-corrected chi connectivity index (χ2v) is 4.86. The van der Waals surface area contributed by atoms with Crippen molar-refractivity contribution < 1.29 is 9.72 Å². The molecule has 0 saturated heterocycles. The largest absolute Gasteiger partial charge is 0.348 e. The van der Waals surface area contributed by atoms with Gasteiger partial charge in [-0.3, -0.25) is 14.9 Å². The molecule has 1 aromatic carbocycles. The molecule has 0 bridgehead atoms. The lowest BCUT2D eigenvalue weighted by Gasteiger charge is -2.15. The molecular formula is C12H13ClN2O3. The van der Waals surface area contributed by atoms with Gasteiger partial charge in [0.15, 0.2) is 0 Å². The number of amides is 1. The van der Waals surface area contributed by atoms with Crippen molar-refractivity contribution in [3.8, 4) is 0 Å². The minimum atomic E-state index is -0.554. The number of nitro groups is 1. The van der Waals surface area contributed by atoms with Crippen LogP contribution in [0.25, 0.3) is 0 Å². The van der Waals surface area contributed by atoms with Crippen molar-refractivity contribution in [3.05, 3.63) is 39.9 Å². The third-order valence-electron chi connectivity index (χ3n) is 3.09. The third kappa shape index (κ3) is 2.61. The molecule has 1 fully saturated rings. The maximum absolute atomic E-state index is 12.0. The maximum atomic E-state index is 12.0. The summed E-state index contributed by atoms with van der Waals surface area (Å²) < 4.78 is 0. The predicted molar refractivity (Wildman–Crippen MR) is 67.8 cm³/mol. The molecule has 1 aliphatic rings. The number of hydrogen-bond acceptors (Lipinski definition) is 3. The number of benzene rings is 1. The van der Waals surface area contributed by atoms with E-state index >= 15 is 0 Å². The first-order chi connectivity index (χ1) is 8.59. The highest BCUT2D eigenvalue weighted by atomic mass is 35.5. The Morgan fingerprint density at radius 2 is 2.11 bits per heavy atom. The lowest BCUT2D eigenvalue weighted by atomic mass is 10.1. The molecule has 0 heterocycles. The highest BCUT2D eigenvalue weighted by Crippen LogP contribution is 2.25. The van der Waals surface area contributed by atoms with Gasteiger partial charge in [-0.1, -0.05) is 12.1 Å². The lowest BCUT2D eigenvalue weighted by Crippen LogP contribution is -2.38. The number of rotatable bonds is 3. The Hall–Kier alpha value is -1.62. The summed E-state index contributed by atoms with van der Waals surface area (Å²) in [6, 6.07) is 5.82. The van der Waals surface area contributed by atoms with Gasteiger partial charge in [0.05, 0.1) is 10.3 Å². The van der Waals surface area contributed by atoms with Gasteiger partial charge in [0.25, 0.3) is 11.6 Å². The Morgan fingerprint density at radius 1 is 1.39 bits per heavy atom. The zero-order valence-corrected chi connectivity index (χ0v) is 10.4. The molecule has 1 aromatic rings. The van der Waals surface area contributed by atoms with E-state index in [1.165, 1.54) is 18.2 Å².